The molecule has 3 rings (SSSR count). The summed E-state index contributed by atoms with van der Waals surface area (Å²) in [6, 6.07) is 7.25. The van der Waals surface area contributed by atoms with E-state index in [2.05, 4.69) is 24.0 Å². The highest BCUT2D eigenvalue weighted by atomic mass is 35.5. The normalized spacial score (nSPS) is 27.3. The van der Waals surface area contributed by atoms with Crippen LogP contribution in [0.4, 0.5) is 5.69 Å². The summed E-state index contributed by atoms with van der Waals surface area (Å²) in [5.41, 5.74) is 8.75. The molecular formula is C18H27ClN2. The van der Waals surface area contributed by atoms with Gasteiger partial charge in [-0.3, -0.25) is 0 Å². The quantitative estimate of drug-likeness (QED) is 0.897. The maximum atomic E-state index is 6.29. The highest BCUT2D eigenvalue weighted by molar-refractivity contribution is 6.30. The number of benzene rings is 1. The van der Waals surface area contributed by atoms with E-state index in [1.165, 1.54) is 56.3 Å². The minimum absolute atomic E-state index is 0.192. The zero-order valence-corrected chi connectivity index (χ0v) is 13.8. The van der Waals surface area contributed by atoms with E-state index in [1.807, 2.05) is 6.07 Å². The summed E-state index contributed by atoms with van der Waals surface area (Å²) in [7, 11) is 0. The summed E-state index contributed by atoms with van der Waals surface area (Å²) in [6.45, 7) is 3.26. The molecule has 3 heteroatoms. The van der Waals surface area contributed by atoms with Crippen LogP contribution in [-0.4, -0.2) is 18.6 Å². The number of nitrogens with two attached hydrogens (primary N) is 1. The summed E-state index contributed by atoms with van der Waals surface area (Å²) >= 11 is 6.29. The molecule has 2 nitrogen and oxygen atoms in total. The van der Waals surface area contributed by atoms with Crippen LogP contribution in [0.1, 0.15) is 51.0 Å². The van der Waals surface area contributed by atoms with Gasteiger partial charge >= 0.3 is 0 Å². The van der Waals surface area contributed by atoms with Crippen LogP contribution < -0.4 is 10.6 Å². The third-order valence-corrected chi connectivity index (χ3v) is 5.38. The van der Waals surface area contributed by atoms with Gasteiger partial charge in [-0.1, -0.05) is 30.5 Å². The Labute approximate surface area is 133 Å². The van der Waals surface area contributed by atoms with Gasteiger partial charge in [-0.05, 0) is 62.6 Å². The van der Waals surface area contributed by atoms with Crippen molar-refractivity contribution in [3.63, 3.8) is 0 Å². The molecule has 3 atom stereocenters. The fourth-order valence-electron chi connectivity index (χ4n) is 4.25. The molecule has 0 radical (unpaired) electrons. The number of hydrogen-bond donors (Lipinski definition) is 1. The second-order valence-electron chi connectivity index (χ2n) is 6.90. The van der Waals surface area contributed by atoms with Crippen molar-refractivity contribution in [1.82, 2.24) is 0 Å². The van der Waals surface area contributed by atoms with Gasteiger partial charge < -0.3 is 10.6 Å². The van der Waals surface area contributed by atoms with Gasteiger partial charge in [0.05, 0.1) is 0 Å². The maximum Gasteiger partial charge on any atom is 0.0426 e. The lowest BCUT2D eigenvalue weighted by atomic mass is 9.78. The number of fused-ring (bicyclic) bond motifs is 1. The third-order valence-electron chi connectivity index (χ3n) is 5.14. The topological polar surface area (TPSA) is 29.3 Å². The molecule has 1 saturated heterocycles. The molecule has 1 aromatic rings. The van der Waals surface area contributed by atoms with E-state index in [9.17, 15) is 0 Å². The van der Waals surface area contributed by atoms with Crippen LogP contribution >= 0.6 is 11.6 Å². The van der Waals surface area contributed by atoms with E-state index in [4.69, 9.17) is 17.3 Å². The Kier molecular flexibility index (Phi) is 4.75. The van der Waals surface area contributed by atoms with Crippen LogP contribution in [0.5, 0.6) is 0 Å². The maximum absolute atomic E-state index is 6.29. The lowest BCUT2D eigenvalue weighted by Crippen LogP contribution is -2.47. The first-order valence-corrected chi connectivity index (χ1v) is 8.83. The Balaban J connectivity index is 1.91. The number of nitrogens with zero attached hydrogens (tertiary/aromatic N) is 1. The SMILES string of the molecule is CC(N)Cc1ccc(Cl)cc1N1CCC[C@H]2CCCC[C@H]21. The lowest BCUT2D eigenvalue weighted by Gasteiger charge is -2.46. The molecule has 1 aliphatic carbocycles. The predicted molar refractivity (Wildman–Crippen MR) is 91.1 cm³/mol. The van der Waals surface area contributed by atoms with E-state index < -0.39 is 0 Å². The number of piperidine rings is 1. The monoisotopic (exact) mass is 306 g/mol. The number of halogens is 1. The molecule has 1 aromatic carbocycles. The Hall–Kier alpha value is -0.730. The zero-order valence-electron chi connectivity index (χ0n) is 13.0. The minimum Gasteiger partial charge on any atom is -0.368 e. The van der Waals surface area contributed by atoms with Gasteiger partial charge in [0.15, 0.2) is 0 Å². The van der Waals surface area contributed by atoms with Gasteiger partial charge in [-0.2, -0.15) is 0 Å². The van der Waals surface area contributed by atoms with E-state index in [0.29, 0.717) is 0 Å². The molecule has 0 aromatic heterocycles. The Morgan fingerprint density at radius 2 is 2.00 bits per heavy atom. The van der Waals surface area contributed by atoms with Crippen molar-refractivity contribution in [2.45, 2.75) is 64.0 Å². The largest absolute Gasteiger partial charge is 0.368 e. The first kappa shape index (κ1) is 15.2. The van der Waals surface area contributed by atoms with Crippen LogP contribution in [0.3, 0.4) is 0 Å². The first-order chi connectivity index (χ1) is 10.1. The summed E-state index contributed by atoms with van der Waals surface area (Å²) in [5, 5.41) is 0.844. The second kappa shape index (κ2) is 6.58. The van der Waals surface area contributed by atoms with Crippen molar-refractivity contribution < 1.29 is 0 Å². The van der Waals surface area contributed by atoms with Gasteiger partial charge in [0.2, 0.25) is 0 Å². The van der Waals surface area contributed by atoms with Crippen molar-refractivity contribution in [1.29, 1.82) is 0 Å². The molecule has 2 fully saturated rings. The summed E-state index contributed by atoms with van der Waals surface area (Å²) in [6.07, 6.45) is 9.19. The lowest BCUT2D eigenvalue weighted by molar-refractivity contribution is 0.243. The fraction of sp³-hybridized carbons (Fsp3) is 0.667. The fourth-order valence-corrected chi connectivity index (χ4v) is 4.41. The van der Waals surface area contributed by atoms with Gasteiger partial charge in [-0.25, -0.2) is 0 Å². The summed E-state index contributed by atoms with van der Waals surface area (Å²) in [4.78, 5) is 2.65. The Bertz CT molecular complexity index is 484. The first-order valence-electron chi connectivity index (χ1n) is 8.46. The molecule has 0 bridgehead atoms. The van der Waals surface area contributed by atoms with E-state index in [0.717, 1.165) is 23.4 Å². The molecule has 2 N–H and O–H groups in total. The van der Waals surface area contributed by atoms with Crippen molar-refractivity contribution >= 4 is 17.3 Å². The highest BCUT2D eigenvalue weighted by Gasteiger charge is 2.34. The minimum atomic E-state index is 0.192. The molecule has 1 saturated carbocycles. The number of anilines is 1. The molecule has 1 heterocycles. The van der Waals surface area contributed by atoms with E-state index in [-0.39, 0.29) is 6.04 Å². The molecule has 1 unspecified atom stereocenters. The van der Waals surface area contributed by atoms with Crippen molar-refractivity contribution in [2.24, 2.45) is 11.7 Å². The van der Waals surface area contributed by atoms with Gasteiger partial charge in [0.25, 0.3) is 0 Å². The highest BCUT2D eigenvalue weighted by Crippen LogP contribution is 2.39. The molecule has 0 spiro atoms. The van der Waals surface area contributed by atoms with Crippen molar-refractivity contribution in [3.8, 4) is 0 Å². The van der Waals surface area contributed by atoms with Gasteiger partial charge in [-0.15, -0.1) is 0 Å². The standard InChI is InChI=1S/C18H27ClN2/c1-13(20)11-15-8-9-16(19)12-18(15)21-10-4-6-14-5-2-3-7-17(14)21/h8-9,12-14,17H,2-7,10-11,20H2,1H3/t13?,14-,17-/m1/s1. The molecule has 116 valence electrons. The van der Waals surface area contributed by atoms with Gasteiger partial charge in [0, 0.05) is 29.3 Å². The summed E-state index contributed by atoms with van der Waals surface area (Å²) < 4.78 is 0. The number of rotatable bonds is 3. The Morgan fingerprint density at radius 3 is 2.81 bits per heavy atom. The van der Waals surface area contributed by atoms with Crippen molar-refractivity contribution in [3.05, 3.63) is 28.8 Å². The zero-order chi connectivity index (χ0) is 14.8. The summed E-state index contributed by atoms with van der Waals surface area (Å²) in [5.74, 6) is 0.884. The molecule has 21 heavy (non-hydrogen) atoms. The average Bonchev–Trinajstić information content (AvgIpc) is 2.48. The molecular weight excluding hydrogens is 280 g/mol. The second-order valence-corrected chi connectivity index (χ2v) is 7.34. The van der Waals surface area contributed by atoms with Crippen LogP contribution in [-0.2, 0) is 6.42 Å². The molecule has 0 amide bonds. The van der Waals surface area contributed by atoms with Crippen LogP contribution in [0, 0.1) is 5.92 Å². The van der Waals surface area contributed by atoms with E-state index >= 15 is 0 Å². The average molecular weight is 307 g/mol. The molecule has 2 aliphatic rings. The number of hydrogen-bond acceptors (Lipinski definition) is 2. The van der Waals surface area contributed by atoms with Crippen LogP contribution in [0.25, 0.3) is 0 Å². The predicted octanol–water partition coefficient (Wildman–Crippen LogP) is 4.39. The smallest absolute Gasteiger partial charge is 0.0426 e. The Morgan fingerprint density at radius 1 is 1.24 bits per heavy atom. The van der Waals surface area contributed by atoms with E-state index in [1.54, 1.807) is 0 Å². The van der Waals surface area contributed by atoms with Crippen LogP contribution in [0.2, 0.25) is 5.02 Å². The van der Waals surface area contributed by atoms with Crippen molar-refractivity contribution in [2.75, 3.05) is 11.4 Å². The van der Waals surface area contributed by atoms with Gasteiger partial charge in [0.1, 0.15) is 0 Å². The molecule has 1 aliphatic heterocycles. The third kappa shape index (κ3) is 3.37. The van der Waals surface area contributed by atoms with Crippen LogP contribution in [0.15, 0.2) is 18.2 Å².